The molecule has 0 saturated carbocycles. The van der Waals surface area contributed by atoms with Gasteiger partial charge in [0.25, 0.3) is 0 Å². The first kappa shape index (κ1) is 35.8. The third kappa shape index (κ3) is 11.3. The minimum absolute atomic E-state index is 0.00563. The summed E-state index contributed by atoms with van der Waals surface area (Å²) in [6, 6.07) is 8.30. The summed E-state index contributed by atoms with van der Waals surface area (Å²) < 4.78 is 25.6. The van der Waals surface area contributed by atoms with Crippen molar-refractivity contribution in [3.63, 3.8) is 0 Å². The van der Waals surface area contributed by atoms with Gasteiger partial charge in [-0.15, -0.1) is 0 Å². The number of hydrogen-bond donors (Lipinski definition) is 0. The Morgan fingerprint density at radius 2 is 1.46 bits per heavy atom. The number of methoxy groups -OCH3 is 1. The molecule has 0 radical (unpaired) electrons. The lowest BCUT2D eigenvalue weighted by molar-refractivity contribution is -0.0167. The number of allylic oxidation sites excluding steroid dienone is 2. The van der Waals surface area contributed by atoms with E-state index in [1.807, 2.05) is 24.3 Å². The van der Waals surface area contributed by atoms with Crippen LogP contribution in [0.2, 0.25) is 36.3 Å². The van der Waals surface area contributed by atoms with Crippen LogP contribution >= 0.6 is 0 Å². The van der Waals surface area contributed by atoms with Crippen LogP contribution < -0.4 is 4.74 Å². The van der Waals surface area contributed by atoms with E-state index in [1.165, 1.54) is 5.56 Å². The fourth-order valence-corrected chi connectivity index (χ4v) is 6.53. The highest BCUT2D eigenvalue weighted by atomic mass is 28.4. The maximum Gasteiger partial charge on any atom is 0.192 e. The summed E-state index contributed by atoms with van der Waals surface area (Å²) in [4.78, 5) is 0. The van der Waals surface area contributed by atoms with Crippen LogP contribution in [0, 0.1) is 11.8 Å². The molecule has 1 aromatic carbocycles. The molecule has 0 aliphatic carbocycles. The first-order valence-electron chi connectivity index (χ1n) is 14.7. The molecule has 0 aliphatic heterocycles. The maximum absolute atomic E-state index is 7.00. The Balaban J connectivity index is 3.06. The van der Waals surface area contributed by atoms with Crippen LogP contribution in [0.15, 0.2) is 49.1 Å². The first-order valence-corrected chi connectivity index (χ1v) is 20.5. The Bertz CT molecular complexity index is 878. The van der Waals surface area contributed by atoms with E-state index in [1.54, 1.807) is 7.11 Å². The van der Waals surface area contributed by atoms with Gasteiger partial charge in [0.2, 0.25) is 0 Å². The van der Waals surface area contributed by atoms with Crippen LogP contribution in [0.3, 0.4) is 0 Å². The third-order valence-electron chi connectivity index (χ3n) is 8.79. The van der Waals surface area contributed by atoms with Crippen LogP contribution in [0.1, 0.15) is 79.9 Å². The Kier molecular flexibility index (Phi) is 13.9. The predicted molar refractivity (Wildman–Crippen MR) is 174 cm³/mol. The van der Waals surface area contributed by atoms with Gasteiger partial charge in [-0.25, -0.2) is 0 Å². The average molecular weight is 577 g/mol. The molecule has 0 aromatic heterocycles. The van der Waals surface area contributed by atoms with Gasteiger partial charge in [-0.1, -0.05) is 92.3 Å². The van der Waals surface area contributed by atoms with E-state index in [0.29, 0.717) is 6.61 Å². The van der Waals surface area contributed by atoms with Crippen molar-refractivity contribution < 1.29 is 18.3 Å². The fraction of sp³-hybridized carbons (Fsp3) is 0.697. The van der Waals surface area contributed by atoms with E-state index in [-0.39, 0.29) is 34.1 Å². The molecule has 4 unspecified atom stereocenters. The number of hydrogen-bond acceptors (Lipinski definition) is 4. The van der Waals surface area contributed by atoms with Gasteiger partial charge in [-0.2, -0.15) is 0 Å². The van der Waals surface area contributed by atoms with Gasteiger partial charge in [0, 0.05) is 12.5 Å². The number of benzene rings is 1. The van der Waals surface area contributed by atoms with Crippen molar-refractivity contribution in [1.29, 1.82) is 0 Å². The normalized spacial score (nSPS) is 16.6. The van der Waals surface area contributed by atoms with Crippen LogP contribution in [0.4, 0.5) is 0 Å². The van der Waals surface area contributed by atoms with Gasteiger partial charge in [-0.3, -0.25) is 0 Å². The lowest BCUT2D eigenvalue weighted by atomic mass is 9.93. The molecule has 6 heteroatoms. The zero-order valence-electron chi connectivity index (χ0n) is 27.5. The van der Waals surface area contributed by atoms with Crippen molar-refractivity contribution in [1.82, 2.24) is 0 Å². The molecule has 0 saturated heterocycles. The van der Waals surface area contributed by atoms with Crippen LogP contribution in [-0.4, -0.2) is 43.1 Å². The predicted octanol–water partition coefficient (Wildman–Crippen LogP) is 9.96. The van der Waals surface area contributed by atoms with Crippen molar-refractivity contribution in [3.05, 3.63) is 54.6 Å². The minimum Gasteiger partial charge on any atom is -0.497 e. The van der Waals surface area contributed by atoms with E-state index in [2.05, 4.69) is 106 Å². The molecule has 39 heavy (non-hydrogen) atoms. The smallest absolute Gasteiger partial charge is 0.192 e. The Hall–Kier alpha value is -1.19. The lowest BCUT2D eigenvalue weighted by Gasteiger charge is -2.42. The first-order chi connectivity index (χ1) is 17.9. The van der Waals surface area contributed by atoms with Gasteiger partial charge in [0.05, 0.1) is 25.9 Å². The zero-order valence-corrected chi connectivity index (χ0v) is 29.5. The standard InChI is InChI=1S/C33H60O4Si2/c1-15-16-18-26(2)31(37-39(13,14)33(7,8)9)27(3)25-35-30(28-20-22-29(34-10)23-21-28)19-17-24-36-38(11,12)32(4,5)6/h15-16,18,20-23,26-27,30-31H,1,17,19,24-25H2,2-14H3. The zero-order chi connectivity index (χ0) is 30.1. The van der Waals surface area contributed by atoms with Gasteiger partial charge in [0.1, 0.15) is 5.75 Å². The van der Waals surface area contributed by atoms with Gasteiger partial charge >= 0.3 is 0 Å². The minimum atomic E-state index is -1.96. The van der Waals surface area contributed by atoms with Crippen molar-refractivity contribution in [2.24, 2.45) is 11.8 Å². The molecule has 0 heterocycles. The second kappa shape index (κ2) is 15.2. The summed E-state index contributed by atoms with van der Waals surface area (Å²) in [6.45, 7) is 32.8. The molecular formula is C33H60O4Si2. The number of rotatable bonds is 16. The monoisotopic (exact) mass is 576 g/mol. The highest BCUT2D eigenvalue weighted by Gasteiger charge is 2.41. The summed E-state index contributed by atoms with van der Waals surface area (Å²) in [5.41, 5.74) is 1.18. The van der Waals surface area contributed by atoms with Gasteiger partial charge in [0.15, 0.2) is 16.6 Å². The second-order valence-electron chi connectivity index (χ2n) is 14.1. The van der Waals surface area contributed by atoms with Crippen LogP contribution in [0.25, 0.3) is 0 Å². The highest BCUT2D eigenvalue weighted by Crippen LogP contribution is 2.40. The molecule has 0 spiro atoms. The molecule has 1 rings (SSSR count). The van der Waals surface area contributed by atoms with E-state index in [9.17, 15) is 0 Å². The fourth-order valence-electron chi connectivity index (χ4n) is 3.96. The quantitative estimate of drug-likeness (QED) is 0.111. The maximum atomic E-state index is 7.00. The molecule has 0 aliphatic rings. The third-order valence-corrected chi connectivity index (χ3v) is 17.8. The average Bonchev–Trinajstić information content (AvgIpc) is 2.83. The van der Waals surface area contributed by atoms with E-state index >= 15 is 0 Å². The molecular weight excluding hydrogens is 517 g/mol. The van der Waals surface area contributed by atoms with E-state index in [0.717, 1.165) is 25.2 Å². The SMILES string of the molecule is C=CC=CC(C)C(O[Si](C)(C)C(C)(C)C)C(C)COC(CCCO[Si](C)(C)C(C)(C)C)c1ccc(OC)cc1. The second-order valence-corrected chi connectivity index (χ2v) is 23.7. The van der Waals surface area contributed by atoms with Crippen LogP contribution in [-0.2, 0) is 13.6 Å². The highest BCUT2D eigenvalue weighted by molar-refractivity contribution is 6.74. The summed E-state index contributed by atoms with van der Waals surface area (Å²) >= 11 is 0. The molecule has 0 fully saturated rings. The summed E-state index contributed by atoms with van der Waals surface area (Å²) in [7, 11) is -2.03. The Morgan fingerprint density at radius 3 is 1.95 bits per heavy atom. The van der Waals surface area contributed by atoms with Crippen molar-refractivity contribution in [2.45, 2.75) is 117 Å². The molecule has 4 nitrogen and oxygen atoms in total. The summed E-state index contributed by atoms with van der Waals surface area (Å²) in [5, 5.41) is 0.355. The Labute approximate surface area is 243 Å². The van der Waals surface area contributed by atoms with Gasteiger partial charge in [-0.05, 0) is 72.7 Å². The summed E-state index contributed by atoms with van der Waals surface area (Å²) in [6.07, 6.45) is 8.01. The van der Waals surface area contributed by atoms with Crippen molar-refractivity contribution in [2.75, 3.05) is 20.3 Å². The molecule has 1 aromatic rings. The largest absolute Gasteiger partial charge is 0.497 e. The molecule has 4 atom stereocenters. The topological polar surface area (TPSA) is 36.9 Å². The molecule has 224 valence electrons. The lowest BCUT2D eigenvalue weighted by Crippen LogP contribution is -2.47. The summed E-state index contributed by atoms with van der Waals surface area (Å²) in [5.74, 6) is 1.35. The molecule has 0 bridgehead atoms. The van der Waals surface area contributed by atoms with Crippen LogP contribution in [0.5, 0.6) is 5.75 Å². The Morgan fingerprint density at radius 1 is 0.897 bits per heavy atom. The molecule has 0 N–H and O–H groups in total. The van der Waals surface area contributed by atoms with E-state index < -0.39 is 16.6 Å². The van der Waals surface area contributed by atoms with Crippen molar-refractivity contribution in [3.8, 4) is 5.75 Å². The number of ether oxygens (including phenoxy) is 2. The molecule has 0 amide bonds. The van der Waals surface area contributed by atoms with Gasteiger partial charge < -0.3 is 18.3 Å². The van der Waals surface area contributed by atoms with Crippen molar-refractivity contribution >= 4 is 16.6 Å². The van der Waals surface area contributed by atoms with E-state index in [4.69, 9.17) is 18.3 Å².